The van der Waals surface area contributed by atoms with Crippen molar-refractivity contribution in [3.8, 4) is 0 Å². The fourth-order valence-corrected chi connectivity index (χ4v) is 2.33. The highest BCUT2D eigenvalue weighted by molar-refractivity contribution is 7.70. The number of hydrogen-bond donors (Lipinski definition) is 3. The first-order chi connectivity index (χ1) is 8.99. The molecule has 0 aliphatic heterocycles. The predicted molar refractivity (Wildman–Crippen MR) is 76.5 cm³/mol. The maximum atomic E-state index is 11.9. The van der Waals surface area contributed by atoms with Crippen LogP contribution in [0.2, 0.25) is 0 Å². The van der Waals surface area contributed by atoms with E-state index in [9.17, 15) is 4.57 Å². The highest BCUT2D eigenvalue weighted by Crippen LogP contribution is 2.34. The van der Waals surface area contributed by atoms with E-state index in [4.69, 9.17) is 5.84 Å². The maximum absolute atomic E-state index is 11.9. The summed E-state index contributed by atoms with van der Waals surface area (Å²) in [5.74, 6) is 5.88. The number of nitrogens with two attached hydrogens (primary N) is 1. The summed E-state index contributed by atoms with van der Waals surface area (Å²) < 4.78 is 11.9. The standard InChI is InChI=1S/C11H15N6OP/c1-19(2,18)9-5-3-8(4-6-9)15-10-13-7-14-11(16-10)17-12/h3-7H,12H2,1-2H3,(H2,13,14,15,16,17). The Labute approximate surface area is 111 Å². The molecule has 0 saturated heterocycles. The molecule has 1 aromatic carbocycles. The number of aromatic nitrogens is 3. The van der Waals surface area contributed by atoms with Crippen LogP contribution in [-0.2, 0) is 4.57 Å². The molecule has 2 aromatic rings. The van der Waals surface area contributed by atoms with Gasteiger partial charge in [0.2, 0.25) is 11.9 Å². The van der Waals surface area contributed by atoms with Gasteiger partial charge in [0, 0.05) is 11.0 Å². The Kier molecular flexibility index (Phi) is 3.78. The number of benzene rings is 1. The summed E-state index contributed by atoms with van der Waals surface area (Å²) in [5.41, 5.74) is 3.14. The van der Waals surface area contributed by atoms with Gasteiger partial charge in [-0.2, -0.15) is 4.98 Å². The minimum Gasteiger partial charge on any atom is -0.324 e. The number of nitrogens with one attached hydrogen (secondary N) is 2. The SMILES string of the molecule is CP(C)(=O)c1ccc(Nc2ncnc(NN)n2)cc1. The molecule has 0 unspecified atom stereocenters. The van der Waals surface area contributed by atoms with Gasteiger partial charge in [0.25, 0.3) is 0 Å². The summed E-state index contributed by atoms with van der Waals surface area (Å²) in [6.07, 6.45) is 1.35. The molecule has 0 aliphatic rings. The second kappa shape index (κ2) is 5.34. The zero-order valence-electron chi connectivity index (χ0n) is 10.7. The van der Waals surface area contributed by atoms with Crippen molar-refractivity contribution < 1.29 is 4.57 Å². The molecule has 19 heavy (non-hydrogen) atoms. The minimum atomic E-state index is -2.23. The molecule has 0 atom stereocenters. The van der Waals surface area contributed by atoms with Gasteiger partial charge in [-0.1, -0.05) is 0 Å². The second-order valence-electron chi connectivity index (χ2n) is 4.30. The van der Waals surface area contributed by atoms with Gasteiger partial charge in [0.1, 0.15) is 13.5 Å². The Bertz CT molecular complexity index is 609. The van der Waals surface area contributed by atoms with Crippen LogP contribution in [0.25, 0.3) is 0 Å². The van der Waals surface area contributed by atoms with Crippen LogP contribution in [0.5, 0.6) is 0 Å². The van der Waals surface area contributed by atoms with Crippen molar-refractivity contribution in [1.29, 1.82) is 0 Å². The maximum Gasteiger partial charge on any atom is 0.241 e. The topological polar surface area (TPSA) is 106 Å². The summed E-state index contributed by atoms with van der Waals surface area (Å²) in [7, 11) is -2.23. The third-order valence-corrected chi connectivity index (χ3v) is 3.99. The van der Waals surface area contributed by atoms with Crippen LogP contribution in [0.4, 0.5) is 17.6 Å². The molecule has 7 nitrogen and oxygen atoms in total. The van der Waals surface area contributed by atoms with Crippen LogP contribution in [0.3, 0.4) is 0 Å². The molecular weight excluding hydrogens is 263 g/mol. The average Bonchev–Trinajstić information content (AvgIpc) is 2.38. The molecule has 0 radical (unpaired) electrons. The van der Waals surface area contributed by atoms with Crippen LogP contribution < -0.4 is 21.9 Å². The highest BCUT2D eigenvalue weighted by Gasteiger charge is 2.10. The lowest BCUT2D eigenvalue weighted by atomic mass is 10.3. The van der Waals surface area contributed by atoms with E-state index in [1.807, 2.05) is 24.3 Å². The van der Waals surface area contributed by atoms with Crippen LogP contribution >= 0.6 is 7.14 Å². The molecule has 0 amide bonds. The Hall–Kier alpha value is -1.98. The summed E-state index contributed by atoms with van der Waals surface area (Å²) in [6, 6.07) is 7.31. The molecule has 1 aromatic heterocycles. The Balaban J connectivity index is 2.17. The summed E-state index contributed by atoms with van der Waals surface area (Å²) in [6.45, 7) is 3.47. The highest BCUT2D eigenvalue weighted by atomic mass is 31.2. The molecule has 0 aliphatic carbocycles. The van der Waals surface area contributed by atoms with Crippen molar-refractivity contribution in [2.45, 2.75) is 0 Å². The zero-order valence-corrected chi connectivity index (χ0v) is 11.6. The minimum absolute atomic E-state index is 0.278. The monoisotopic (exact) mass is 278 g/mol. The van der Waals surface area contributed by atoms with Crippen molar-refractivity contribution in [1.82, 2.24) is 15.0 Å². The van der Waals surface area contributed by atoms with Crippen LogP contribution in [0.15, 0.2) is 30.6 Å². The molecule has 0 fully saturated rings. The molecule has 0 bridgehead atoms. The lowest BCUT2D eigenvalue weighted by Gasteiger charge is -2.09. The molecule has 0 spiro atoms. The third kappa shape index (κ3) is 3.49. The molecule has 0 saturated carbocycles. The van der Waals surface area contributed by atoms with Crippen molar-refractivity contribution in [3.63, 3.8) is 0 Å². The number of nitrogen functional groups attached to an aromatic ring is 1. The van der Waals surface area contributed by atoms with Gasteiger partial charge in [-0.25, -0.2) is 15.8 Å². The lowest BCUT2D eigenvalue weighted by molar-refractivity contribution is 0.588. The van der Waals surface area contributed by atoms with Gasteiger partial charge in [0.15, 0.2) is 0 Å². The predicted octanol–water partition coefficient (Wildman–Crippen LogP) is 1.15. The largest absolute Gasteiger partial charge is 0.324 e. The van der Waals surface area contributed by atoms with Crippen molar-refractivity contribution in [2.75, 3.05) is 24.1 Å². The number of hydrazine groups is 1. The van der Waals surface area contributed by atoms with E-state index in [-0.39, 0.29) is 5.95 Å². The van der Waals surface area contributed by atoms with Gasteiger partial charge in [0.05, 0.1) is 0 Å². The Morgan fingerprint density at radius 1 is 1.11 bits per heavy atom. The molecule has 8 heteroatoms. The first-order valence-electron chi connectivity index (χ1n) is 5.57. The Morgan fingerprint density at radius 2 is 1.74 bits per heavy atom. The van der Waals surface area contributed by atoms with E-state index in [2.05, 4.69) is 25.7 Å². The molecule has 1 heterocycles. The summed E-state index contributed by atoms with van der Waals surface area (Å²) in [4.78, 5) is 11.8. The third-order valence-electron chi connectivity index (χ3n) is 2.45. The van der Waals surface area contributed by atoms with Crippen LogP contribution in [0, 0.1) is 0 Å². The fraction of sp³-hybridized carbons (Fsp3) is 0.182. The number of rotatable bonds is 4. The van der Waals surface area contributed by atoms with E-state index in [0.717, 1.165) is 11.0 Å². The second-order valence-corrected chi connectivity index (χ2v) is 7.52. The van der Waals surface area contributed by atoms with Gasteiger partial charge in [-0.3, -0.25) is 5.43 Å². The smallest absolute Gasteiger partial charge is 0.241 e. The van der Waals surface area contributed by atoms with Crippen LogP contribution in [0.1, 0.15) is 0 Å². The molecule has 100 valence electrons. The van der Waals surface area contributed by atoms with E-state index in [1.54, 1.807) is 13.3 Å². The van der Waals surface area contributed by atoms with E-state index >= 15 is 0 Å². The number of nitrogens with zero attached hydrogens (tertiary/aromatic N) is 3. The fourth-order valence-electron chi connectivity index (χ4n) is 1.46. The van der Waals surface area contributed by atoms with Gasteiger partial charge in [-0.05, 0) is 37.6 Å². The lowest BCUT2D eigenvalue weighted by Crippen LogP contribution is -2.11. The molecule has 2 rings (SSSR count). The quantitative estimate of drug-likeness (QED) is 0.437. The number of hydrogen-bond acceptors (Lipinski definition) is 7. The normalized spacial score (nSPS) is 11.1. The van der Waals surface area contributed by atoms with E-state index < -0.39 is 7.14 Å². The van der Waals surface area contributed by atoms with Gasteiger partial charge in [-0.15, -0.1) is 0 Å². The average molecular weight is 278 g/mol. The van der Waals surface area contributed by atoms with E-state index in [0.29, 0.717) is 5.95 Å². The number of anilines is 3. The first-order valence-corrected chi connectivity index (χ1v) is 8.17. The summed E-state index contributed by atoms with van der Waals surface area (Å²) >= 11 is 0. The van der Waals surface area contributed by atoms with E-state index in [1.165, 1.54) is 6.33 Å². The van der Waals surface area contributed by atoms with Gasteiger partial charge >= 0.3 is 0 Å². The van der Waals surface area contributed by atoms with Crippen LogP contribution in [-0.4, -0.2) is 28.3 Å². The first kappa shape index (κ1) is 13.5. The summed E-state index contributed by atoms with van der Waals surface area (Å²) in [5, 5.41) is 3.84. The van der Waals surface area contributed by atoms with Crippen molar-refractivity contribution >= 4 is 30.0 Å². The zero-order chi connectivity index (χ0) is 13.9. The van der Waals surface area contributed by atoms with Crippen molar-refractivity contribution in [3.05, 3.63) is 30.6 Å². The Morgan fingerprint density at radius 3 is 2.32 bits per heavy atom. The van der Waals surface area contributed by atoms with Crippen molar-refractivity contribution in [2.24, 2.45) is 5.84 Å². The molecular formula is C11H15N6OP. The molecule has 4 N–H and O–H groups in total. The van der Waals surface area contributed by atoms with Gasteiger partial charge < -0.3 is 9.88 Å².